The number of hydrogen-bond donors (Lipinski definition) is 2. The number of aromatic amines is 1. The minimum atomic E-state index is 0.0226. The van der Waals surface area contributed by atoms with Gasteiger partial charge in [-0.15, -0.1) is 0 Å². The van der Waals surface area contributed by atoms with Gasteiger partial charge in [0.15, 0.2) is 5.43 Å². The molecule has 1 aromatic heterocycles. The molecule has 0 amide bonds. The van der Waals surface area contributed by atoms with Crippen molar-refractivity contribution in [3.63, 3.8) is 0 Å². The summed E-state index contributed by atoms with van der Waals surface area (Å²) < 4.78 is 0. The molecule has 0 bridgehead atoms. The number of rotatable bonds is 2. The molecule has 0 radical (unpaired) electrons. The Morgan fingerprint density at radius 2 is 2.12 bits per heavy atom. The number of pyridine rings is 1. The lowest BCUT2D eigenvalue weighted by Gasteiger charge is -2.05. The van der Waals surface area contributed by atoms with Crippen LogP contribution in [0.4, 0.5) is 5.69 Å². The summed E-state index contributed by atoms with van der Waals surface area (Å²) >= 11 is 0. The molecule has 0 saturated carbocycles. The van der Waals surface area contributed by atoms with Crippen molar-refractivity contribution >= 4 is 22.2 Å². The molecule has 2 aromatic rings. The molecule has 3 nitrogen and oxygen atoms in total. The molecule has 0 fully saturated rings. The summed E-state index contributed by atoms with van der Waals surface area (Å²) in [5.74, 6) is 0. The normalized spacial score (nSPS) is 10.4. The molecule has 2 N–H and O–H groups in total. The summed E-state index contributed by atoms with van der Waals surface area (Å²) in [7, 11) is 1.85. The minimum absolute atomic E-state index is 0.0226. The number of H-pyrrole nitrogens is 1. The van der Waals surface area contributed by atoms with E-state index < -0.39 is 0 Å². The van der Waals surface area contributed by atoms with Gasteiger partial charge in [-0.3, -0.25) is 4.79 Å². The molecule has 0 aliphatic carbocycles. The molecule has 1 heterocycles. The van der Waals surface area contributed by atoms with Crippen LogP contribution < -0.4 is 10.7 Å². The highest BCUT2D eigenvalue weighted by atomic mass is 16.1. The Kier molecular flexibility index (Phi) is 2.52. The second-order valence-electron chi connectivity index (χ2n) is 3.84. The average molecular weight is 214 g/mol. The molecule has 82 valence electrons. The molecular formula is C13H14N2O. The first-order valence-corrected chi connectivity index (χ1v) is 5.12. The van der Waals surface area contributed by atoms with E-state index in [0.717, 1.165) is 22.5 Å². The molecule has 0 aliphatic heterocycles. The van der Waals surface area contributed by atoms with Crippen LogP contribution in [0.2, 0.25) is 0 Å². The van der Waals surface area contributed by atoms with Crippen molar-refractivity contribution in [1.29, 1.82) is 0 Å². The highest BCUT2D eigenvalue weighted by Crippen LogP contribution is 2.16. The number of hydrogen-bond acceptors (Lipinski definition) is 2. The molecule has 0 unspecified atom stereocenters. The average Bonchev–Trinajstić information content (AvgIpc) is 2.28. The fourth-order valence-corrected chi connectivity index (χ4v) is 1.64. The van der Waals surface area contributed by atoms with Gasteiger partial charge in [0.2, 0.25) is 0 Å². The summed E-state index contributed by atoms with van der Waals surface area (Å²) in [5, 5.41) is 3.74. The van der Waals surface area contributed by atoms with E-state index in [9.17, 15) is 4.79 Å². The summed E-state index contributed by atoms with van der Waals surface area (Å²) in [6.45, 7) is 5.70. The Bertz CT molecular complexity index is 611. The van der Waals surface area contributed by atoms with E-state index in [1.54, 1.807) is 6.07 Å². The van der Waals surface area contributed by atoms with Gasteiger partial charge in [0.05, 0.1) is 5.52 Å². The number of nitrogens with one attached hydrogen (secondary N) is 2. The zero-order valence-corrected chi connectivity index (χ0v) is 9.42. The predicted molar refractivity (Wildman–Crippen MR) is 68.8 cm³/mol. The zero-order chi connectivity index (χ0) is 11.7. The first-order valence-electron chi connectivity index (χ1n) is 5.12. The van der Waals surface area contributed by atoms with Crippen molar-refractivity contribution in [3.8, 4) is 0 Å². The fourth-order valence-electron chi connectivity index (χ4n) is 1.64. The smallest absolute Gasteiger partial charge is 0.190 e. The van der Waals surface area contributed by atoms with Gasteiger partial charge >= 0.3 is 0 Å². The van der Waals surface area contributed by atoms with Crippen LogP contribution >= 0.6 is 0 Å². The van der Waals surface area contributed by atoms with Gasteiger partial charge in [-0.1, -0.05) is 6.58 Å². The largest absolute Gasteiger partial charge is 0.388 e. The van der Waals surface area contributed by atoms with Crippen LogP contribution in [0, 0.1) is 0 Å². The summed E-state index contributed by atoms with van der Waals surface area (Å²) in [5.41, 5.74) is 3.47. The van der Waals surface area contributed by atoms with Gasteiger partial charge in [-0.25, -0.2) is 0 Å². The molecule has 0 spiro atoms. The molecule has 0 saturated heterocycles. The lowest BCUT2D eigenvalue weighted by molar-refractivity contribution is 1.32. The van der Waals surface area contributed by atoms with Gasteiger partial charge in [-0.2, -0.15) is 0 Å². The Hall–Kier alpha value is -2.03. The lowest BCUT2D eigenvalue weighted by Crippen LogP contribution is -2.04. The van der Waals surface area contributed by atoms with Gasteiger partial charge in [0, 0.05) is 29.9 Å². The predicted octanol–water partition coefficient (Wildman–Crippen LogP) is 2.60. The van der Waals surface area contributed by atoms with Crippen LogP contribution in [0.1, 0.15) is 12.6 Å². The Morgan fingerprint density at radius 3 is 2.75 bits per heavy atom. The zero-order valence-electron chi connectivity index (χ0n) is 9.42. The summed E-state index contributed by atoms with van der Waals surface area (Å²) in [4.78, 5) is 15.0. The van der Waals surface area contributed by atoms with E-state index in [-0.39, 0.29) is 5.43 Å². The van der Waals surface area contributed by atoms with Crippen molar-refractivity contribution in [2.24, 2.45) is 0 Å². The number of fused-ring (bicyclic) bond motifs is 1. The first kappa shape index (κ1) is 10.5. The van der Waals surface area contributed by atoms with Gasteiger partial charge in [0.1, 0.15) is 0 Å². The number of anilines is 1. The number of benzene rings is 1. The quantitative estimate of drug-likeness (QED) is 0.807. The fraction of sp³-hybridized carbons (Fsp3) is 0.154. The third-order valence-electron chi connectivity index (χ3n) is 2.58. The van der Waals surface area contributed by atoms with E-state index in [0.29, 0.717) is 5.39 Å². The van der Waals surface area contributed by atoms with E-state index in [4.69, 9.17) is 0 Å². The van der Waals surface area contributed by atoms with Gasteiger partial charge < -0.3 is 10.3 Å². The monoisotopic (exact) mass is 214 g/mol. The number of allylic oxidation sites excluding steroid dienone is 1. The van der Waals surface area contributed by atoms with E-state index in [1.807, 2.05) is 32.2 Å². The maximum Gasteiger partial charge on any atom is 0.190 e. The maximum atomic E-state index is 11.8. The van der Waals surface area contributed by atoms with E-state index >= 15 is 0 Å². The molecular weight excluding hydrogens is 200 g/mol. The number of aromatic nitrogens is 1. The molecule has 2 rings (SSSR count). The third kappa shape index (κ3) is 1.72. The second-order valence-corrected chi connectivity index (χ2v) is 3.84. The molecule has 0 atom stereocenters. The van der Waals surface area contributed by atoms with Crippen LogP contribution in [-0.2, 0) is 0 Å². The van der Waals surface area contributed by atoms with Crippen LogP contribution in [0.25, 0.3) is 16.5 Å². The Morgan fingerprint density at radius 1 is 1.38 bits per heavy atom. The first-order chi connectivity index (χ1) is 7.61. The topological polar surface area (TPSA) is 44.9 Å². The molecule has 1 aromatic carbocycles. The van der Waals surface area contributed by atoms with Crippen LogP contribution in [-0.4, -0.2) is 12.0 Å². The van der Waals surface area contributed by atoms with E-state index in [1.165, 1.54) is 0 Å². The van der Waals surface area contributed by atoms with Gasteiger partial charge in [-0.05, 0) is 30.7 Å². The van der Waals surface area contributed by atoms with Gasteiger partial charge in [0.25, 0.3) is 0 Å². The Labute approximate surface area is 93.8 Å². The van der Waals surface area contributed by atoms with Crippen molar-refractivity contribution < 1.29 is 0 Å². The Balaban J connectivity index is 2.78. The summed E-state index contributed by atoms with van der Waals surface area (Å²) in [6.07, 6.45) is 0. The maximum absolute atomic E-state index is 11.8. The van der Waals surface area contributed by atoms with Crippen molar-refractivity contribution in [2.75, 3.05) is 12.4 Å². The standard InChI is InChI=1S/C13H14N2O/c1-8(2)11-7-13(16)10-5-4-9(14-3)6-12(10)15-11/h4-7,14H,1H2,2-3H3,(H,15,16). The highest BCUT2D eigenvalue weighted by molar-refractivity contribution is 5.83. The van der Waals surface area contributed by atoms with Crippen molar-refractivity contribution in [3.05, 3.63) is 46.8 Å². The summed E-state index contributed by atoms with van der Waals surface area (Å²) in [6, 6.07) is 7.22. The molecule has 0 aliphatic rings. The van der Waals surface area contributed by atoms with Crippen LogP contribution in [0.3, 0.4) is 0 Å². The van der Waals surface area contributed by atoms with Crippen molar-refractivity contribution in [2.45, 2.75) is 6.92 Å². The van der Waals surface area contributed by atoms with Crippen LogP contribution in [0.15, 0.2) is 35.6 Å². The second kappa shape index (κ2) is 3.85. The SMILES string of the molecule is C=C(C)c1cc(=O)c2ccc(NC)cc2[nH]1. The molecule has 16 heavy (non-hydrogen) atoms. The highest BCUT2D eigenvalue weighted by Gasteiger charge is 2.03. The van der Waals surface area contributed by atoms with E-state index in [2.05, 4.69) is 16.9 Å². The minimum Gasteiger partial charge on any atom is -0.388 e. The third-order valence-corrected chi connectivity index (χ3v) is 2.58. The van der Waals surface area contributed by atoms with Crippen molar-refractivity contribution in [1.82, 2.24) is 4.98 Å². The van der Waals surface area contributed by atoms with Crippen LogP contribution in [0.5, 0.6) is 0 Å². The molecule has 3 heteroatoms. The lowest BCUT2D eigenvalue weighted by atomic mass is 10.1.